The summed E-state index contributed by atoms with van der Waals surface area (Å²) in [7, 11) is 0. The van der Waals surface area contributed by atoms with Crippen LogP contribution in [-0.2, 0) is 131 Å². The zero-order chi connectivity index (χ0) is 0. The molecule has 0 fully saturated rings. The van der Waals surface area contributed by atoms with E-state index in [-0.39, 0.29) is 164 Å². The molecule has 0 aromatic heterocycles. The first-order valence-electron chi connectivity index (χ1n) is 0. The van der Waals surface area contributed by atoms with Crippen LogP contribution in [0.1, 0.15) is 0 Å². The summed E-state index contributed by atoms with van der Waals surface area (Å²) < 4.78 is 0. The average molecular weight is 564 g/mol. The Bertz CT molecular complexity index is 10.9. The summed E-state index contributed by atoms with van der Waals surface area (Å²) in [5.74, 6) is 0. The van der Waals surface area contributed by atoms with Crippen molar-refractivity contribution in [3.63, 3.8) is 0 Å². The molecule has 0 amide bonds. The van der Waals surface area contributed by atoms with Crippen LogP contribution in [0, 0.1) is 0 Å². The van der Waals surface area contributed by atoms with Gasteiger partial charge in [-0.15, -0.1) is 0 Å². The number of rotatable bonds is 0. The minimum atomic E-state index is 0. The molecule has 68 valence electrons. The number of hydrogen-bond acceptors (Lipinski definition) is 0. The second-order valence-corrected chi connectivity index (χ2v) is 0. The molecular formula is H12O6Zr5. The predicted octanol–water partition coefficient (Wildman–Crippen LogP) is -4.96. The van der Waals surface area contributed by atoms with Crippen LogP contribution in [0.3, 0.4) is 0 Å². The van der Waals surface area contributed by atoms with Crippen molar-refractivity contribution in [1.82, 2.24) is 0 Å². The van der Waals surface area contributed by atoms with E-state index in [4.69, 9.17) is 0 Å². The Labute approximate surface area is 160 Å². The molecule has 0 heterocycles. The predicted molar refractivity (Wildman–Crippen MR) is 21.7 cm³/mol. The summed E-state index contributed by atoms with van der Waals surface area (Å²) in [4.78, 5) is 0. The molecule has 0 rings (SSSR count). The Morgan fingerprint density at radius 3 is 0.182 bits per heavy atom. The molecule has 0 saturated heterocycles. The van der Waals surface area contributed by atoms with Gasteiger partial charge in [0.1, 0.15) is 0 Å². The Morgan fingerprint density at radius 2 is 0.182 bits per heavy atom. The third-order valence-electron chi connectivity index (χ3n) is 0. The quantitative estimate of drug-likeness (QED) is 0.273. The van der Waals surface area contributed by atoms with Gasteiger partial charge in [0, 0.05) is 131 Å². The van der Waals surface area contributed by atoms with Gasteiger partial charge in [-0.3, -0.25) is 0 Å². The summed E-state index contributed by atoms with van der Waals surface area (Å²) >= 11 is 0. The van der Waals surface area contributed by atoms with Crippen LogP contribution in [0.15, 0.2) is 0 Å². The van der Waals surface area contributed by atoms with E-state index in [9.17, 15) is 0 Å². The molecule has 0 saturated carbocycles. The SMILES string of the molecule is O.O.O.O.O.O.[Zr].[Zr].[Zr].[Zr].[Zr]. The number of hydrogen-bond donors (Lipinski definition) is 0. The molecule has 0 aliphatic carbocycles. The Kier molecular flexibility index (Phi) is 2240. The molecule has 0 aliphatic heterocycles. The second-order valence-electron chi connectivity index (χ2n) is 0. The van der Waals surface area contributed by atoms with E-state index in [0.717, 1.165) is 0 Å². The fraction of sp³-hybridized carbons (Fsp3) is 0. The van der Waals surface area contributed by atoms with Gasteiger partial charge in [0.05, 0.1) is 0 Å². The zero-order valence-corrected chi connectivity index (χ0v) is 17.8. The summed E-state index contributed by atoms with van der Waals surface area (Å²) in [6.07, 6.45) is 0. The van der Waals surface area contributed by atoms with Crippen molar-refractivity contribution in [2.75, 3.05) is 0 Å². The maximum Gasteiger partial charge on any atom is 0 e. The minimum Gasteiger partial charge on any atom is -0.412 e. The van der Waals surface area contributed by atoms with Crippen LogP contribution >= 0.6 is 0 Å². The first-order chi connectivity index (χ1) is 0. The van der Waals surface area contributed by atoms with Crippen LogP contribution in [0.2, 0.25) is 0 Å². The van der Waals surface area contributed by atoms with Crippen LogP contribution in [0.4, 0.5) is 0 Å². The van der Waals surface area contributed by atoms with Crippen LogP contribution in [-0.4, -0.2) is 32.9 Å². The molecule has 0 spiro atoms. The van der Waals surface area contributed by atoms with Crippen molar-refractivity contribution in [3.05, 3.63) is 0 Å². The van der Waals surface area contributed by atoms with E-state index in [1.807, 2.05) is 0 Å². The monoisotopic (exact) mass is 558 g/mol. The summed E-state index contributed by atoms with van der Waals surface area (Å²) in [5, 5.41) is 0. The van der Waals surface area contributed by atoms with E-state index in [0.29, 0.717) is 0 Å². The third-order valence-corrected chi connectivity index (χ3v) is 0. The van der Waals surface area contributed by atoms with Crippen molar-refractivity contribution in [1.29, 1.82) is 0 Å². The third kappa shape index (κ3) is 121. The fourth-order valence-corrected chi connectivity index (χ4v) is 0. The topological polar surface area (TPSA) is 189 Å². The largest absolute Gasteiger partial charge is 0.412 e. The minimum absolute atomic E-state index is 0. The molecule has 12 N–H and O–H groups in total. The first-order valence-corrected chi connectivity index (χ1v) is 0. The fourth-order valence-electron chi connectivity index (χ4n) is 0. The van der Waals surface area contributed by atoms with Crippen molar-refractivity contribution in [3.8, 4) is 0 Å². The summed E-state index contributed by atoms with van der Waals surface area (Å²) in [6, 6.07) is 0. The summed E-state index contributed by atoms with van der Waals surface area (Å²) in [6.45, 7) is 0. The van der Waals surface area contributed by atoms with Crippen molar-refractivity contribution in [2.24, 2.45) is 0 Å². The zero-order valence-electron chi connectivity index (χ0n) is 5.50. The average Bonchev–Trinajstić information content (AvgIpc) is 0. The molecule has 11 heteroatoms. The van der Waals surface area contributed by atoms with Gasteiger partial charge in [0.25, 0.3) is 0 Å². The molecule has 0 bridgehead atoms. The molecule has 0 atom stereocenters. The van der Waals surface area contributed by atoms with Gasteiger partial charge in [0.15, 0.2) is 0 Å². The van der Waals surface area contributed by atoms with Gasteiger partial charge in [-0.05, 0) is 0 Å². The molecule has 0 radical (unpaired) electrons. The van der Waals surface area contributed by atoms with Gasteiger partial charge >= 0.3 is 0 Å². The maximum absolute atomic E-state index is 0. The molecule has 11 heavy (non-hydrogen) atoms. The van der Waals surface area contributed by atoms with E-state index in [1.165, 1.54) is 0 Å². The Balaban J connectivity index is 0. The van der Waals surface area contributed by atoms with E-state index in [2.05, 4.69) is 0 Å². The summed E-state index contributed by atoms with van der Waals surface area (Å²) in [5.41, 5.74) is 0. The molecule has 0 unspecified atom stereocenters. The molecule has 0 aromatic rings. The normalized spacial score (nSPS) is 0. The van der Waals surface area contributed by atoms with Crippen molar-refractivity contribution in [2.45, 2.75) is 0 Å². The molecule has 0 aromatic carbocycles. The van der Waals surface area contributed by atoms with Crippen molar-refractivity contribution >= 4 is 0 Å². The molecule has 0 aliphatic rings. The van der Waals surface area contributed by atoms with E-state index < -0.39 is 0 Å². The molecule has 6 nitrogen and oxygen atoms in total. The van der Waals surface area contributed by atoms with Gasteiger partial charge in [-0.25, -0.2) is 0 Å². The molecular weight excluding hydrogens is 552 g/mol. The Hall–Kier alpha value is 4.18. The standard InChI is InChI=1S/6H2O.5Zr/h6*1H2;;;;;. The van der Waals surface area contributed by atoms with E-state index >= 15 is 0 Å². The van der Waals surface area contributed by atoms with Gasteiger partial charge in [-0.1, -0.05) is 0 Å². The van der Waals surface area contributed by atoms with Crippen LogP contribution in [0.25, 0.3) is 0 Å². The first kappa shape index (κ1) is 175. The van der Waals surface area contributed by atoms with Gasteiger partial charge < -0.3 is 32.9 Å². The smallest absolute Gasteiger partial charge is 0 e. The van der Waals surface area contributed by atoms with Crippen LogP contribution < -0.4 is 0 Å². The van der Waals surface area contributed by atoms with Crippen LogP contribution in [0.5, 0.6) is 0 Å². The van der Waals surface area contributed by atoms with Gasteiger partial charge in [0.2, 0.25) is 0 Å². The second kappa shape index (κ2) is 141. The Morgan fingerprint density at radius 1 is 0.182 bits per heavy atom. The maximum atomic E-state index is 0. The van der Waals surface area contributed by atoms with Gasteiger partial charge in [-0.2, -0.15) is 0 Å². The van der Waals surface area contributed by atoms with E-state index in [1.54, 1.807) is 0 Å². The van der Waals surface area contributed by atoms with Crippen molar-refractivity contribution < 1.29 is 164 Å².